The molecule has 0 spiro atoms. The van der Waals surface area contributed by atoms with Gasteiger partial charge < -0.3 is 0 Å². The van der Waals surface area contributed by atoms with Crippen LogP contribution in [0.1, 0.15) is 24.5 Å². The molecule has 110 valence electrons. The van der Waals surface area contributed by atoms with E-state index >= 15 is 0 Å². The molecule has 1 unspecified atom stereocenters. The molecule has 0 saturated heterocycles. The van der Waals surface area contributed by atoms with Gasteiger partial charge in [-0.2, -0.15) is 0 Å². The van der Waals surface area contributed by atoms with Crippen LogP contribution in [0.3, 0.4) is 0 Å². The van der Waals surface area contributed by atoms with Gasteiger partial charge in [-0.3, -0.25) is 9.10 Å². The summed E-state index contributed by atoms with van der Waals surface area (Å²) in [5.41, 5.74) is 2.08. The molecule has 0 aromatic heterocycles. The highest BCUT2D eigenvalue weighted by Crippen LogP contribution is 2.16. The van der Waals surface area contributed by atoms with E-state index in [2.05, 4.69) is 0 Å². The molecule has 2 aromatic rings. The highest BCUT2D eigenvalue weighted by atomic mass is 32.2. The van der Waals surface area contributed by atoms with Gasteiger partial charge in [0.15, 0.2) is 11.0 Å². The topological polar surface area (TPSA) is 37.4 Å². The average Bonchev–Trinajstić information content (AvgIpc) is 2.53. The Bertz CT molecular complexity index is 623. The van der Waals surface area contributed by atoms with E-state index in [1.54, 1.807) is 6.92 Å². The molecule has 0 aliphatic rings. The number of hydrogen-bond donors (Lipinski definition) is 0. The van der Waals surface area contributed by atoms with Gasteiger partial charge in [-0.05, 0) is 24.6 Å². The number of carbonyl (C=O) groups excluding carboxylic acids is 1. The summed E-state index contributed by atoms with van der Waals surface area (Å²) in [4.78, 5) is 12.8. The third kappa shape index (κ3) is 4.02. The summed E-state index contributed by atoms with van der Waals surface area (Å²) in [6.45, 7) is 4.12. The zero-order valence-corrected chi connectivity index (χ0v) is 13.1. The van der Waals surface area contributed by atoms with Crippen LogP contribution in [0, 0.1) is 6.92 Å². The molecular weight excluding hydrogens is 282 g/mol. The Balaban J connectivity index is 2.25. The molecule has 21 heavy (non-hydrogen) atoms. The average molecular weight is 301 g/mol. The van der Waals surface area contributed by atoms with Crippen LogP contribution in [0.15, 0.2) is 59.5 Å². The van der Waals surface area contributed by atoms with Crippen molar-refractivity contribution in [2.75, 3.05) is 0 Å². The molecule has 0 aliphatic carbocycles. The lowest BCUT2D eigenvalue weighted by molar-refractivity contribution is -0.126. The summed E-state index contributed by atoms with van der Waals surface area (Å²) in [6.07, 6.45) is 0.338. The first kappa shape index (κ1) is 15.4. The second-order valence-corrected chi connectivity index (χ2v) is 6.24. The minimum atomic E-state index is -1.48. The second-order valence-electron chi connectivity index (χ2n) is 4.83. The van der Waals surface area contributed by atoms with Crippen LogP contribution in [0.5, 0.6) is 0 Å². The lowest BCUT2D eigenvalue weighted by atomic mass is 10.2. The molecule has 1 atom stereocenters. The van der Waals surface area contributed by atoms with E-state index in [-0.39, 0.29) is 5.91 Å². The van der Waals surface area contributed by atoms with Crippen LogP contribution in [0.2, 0.25) is 0 Å². The van der Waals surface area contributed by atoms with Crippen LogP contribution >= 0.6 is 0 Å². The molecule has 0 aliphatic heterocycles. The number of benzene rings is 2. The number of rotatable bonds is 5. The van der Waals surface area contributed by atoms with Crippen LogP contribution in [0.25, 0.3) is 0 Å². The third-order valence-electron chi connectivity index (χ3n) is 3.17. The molecule has 0 N–H and O–H groups in total. The summed E-state index contributed by atoms with van der Waals surface area (Å²) in [5, 5.41) is 0. The van der Waals surface area contributed by atoms with Crippen molar-refractivity contribution in [2.24, 2.45) is 0 Å². The lowest BCUT2D eigenvalue weighted by Crippen LogP contribution is -2.31. The first-order valence-electron chi connectivity index (χ1n) is 6.94. The smallest absolute Gasteiger partial charge is 0.234 e. The lowest BCUT2D eigenvalue weighted by Gasteiger charge is -2.21. The van der Waals surface area contributed by atoms with E-state index in [9.17, 15) is 9.00 Å². The maximum absolute atomic E-state index is 12.7. The molecule has 1 amide bonds. The molecule has 2 aromatic carbocycles. The Morgan fingerprint density at radius 3 is 2.24 bits per heavy atom. The summed E-state index contributed by atoms with van der Waals surface area (Å²) in [7, 11) is -1.48. The van der Waals surface area contributed by atoms with Crippen molar-refractivity contribution in [1.82, 2.24) is 4.31 Å². The minimum absolute atomic E-state index is 0.113. The maximum Gasteiger partial charge on any atom is 0.234 e. The zero-order valence-electron chi connectivity index (χ0n) is 12.3. The van der Waals surface area contributed by atoms with Gasteiger partial charge >= 0.3 is 0 Å². The van der Waals surface area contributed by atoms with Crippen LogP contribution in [-0.4, -0.2) is 14.4 Å². The van der Waals surface area contributed by atoms with Gasteiger partial charge in [-0.25, -0.2) is 4.21 Å². The summed E-state index contributed by atoms with van der Waals surface area (Å²) < 4.78 is 14.1. The van der Waals surface area contributed by atoms with E-state index in [1.807, 2.05) is 61.5 Å². The van der Waals surface area contributed by atoms with Crippen molar-refractivity contribution >= 4 is 16.9 Å². The van der Waals surface area contributed by atoms with Gasteiger partial charge in [0.1, 0.15) is 0 Å². The van der Waals surface area contributed by atoms with Crippen molar-refractivity contribution in [1.29, 1.82) is 0 Å². The molecular formula is C17H19NO2S. The quantitative estimate of drug-likeness (QED) is 0.848. The molecule has 2 rings (SSSR count). The fourth-order valence-electron chi connectivity index (χ4n) is 1.95. The number of nitrogens with zero attached hydrogens (tertiary/aromatic N) is 1. The number of hydrogen-bond acceptors (Lipinski definition) is 2. The van der Waals surface area contributed by atoms with Crippen molar-refractivity contribution in [3.05, 3.63) is 65.7 Å². The molecule has 0 bridgehead atoms. The number of amides is 1. The Kier molecular flexibility index (Phi) is 5.28. The molecule has 4 heteroatoms. The molecule has 0 fully saturated rings. The molecule has 3 nitrogen and oxygen atoms in total. The van der Waals surface area contributed by atoms with Gasteiger partial charge in [0.2, 0.25) is 5.91 Å². The third-order valence-corrected chi connectivity index (χ3v) is 4.58. The van der Waals surface area contributed by atoms with E-state index in [0.717, 1.165) is 11.1 Å². The SMILES string of the molecule is CCC(=O)N(Cc1ccccc1)S(=O)c1ccc(C)cc1. The van der Waals surface area contributed by atoms with Gasteiger partial charge in [-0.1, -0.05) is 55.0 Å². The van der Waals surface area contributed by atoms with Gasteiger partial charge in [-0.15, -0.1) is 0 Å². The second kappa shape index (κ2) is 7.18. The van der Waals surface area contributed by atoms with E-state index < -0.39 is 11.0 Å². The first-order valence-corrected chi connectivity index (χ1v) is 8.05. The van der Waals surface area contributed by atoms with Crippen molar-refractivity contribution in [2.45, 2.75) is 31.7 Å². The van der Waals surface area contributed by atoms with Gasteiger partial charge in [0.05, 0.1) is 11.4 Å². The maximum atomic E-state index is 12.7. The molecule has 0 heterocycles. The van der Waals surface area contributed by atoms with Gasteiger partial charge in [0, 0.05) is 6.42 Å². The zero-order chi connectivity index (χ0) is 15.2. The van der Waals surface area contributed by atoms with Crippen molar-refractivity contribution in [3.63, 3.8) is 0 Å². The number of aryl methyl sites for hydroxylation is 1. The highest BCUT2D eigenvalue weighted by Gasteiger charge is 2.20. The van der Waals surface area contributed by atoms with Crippen molar-refractivity contribution < 1.29 is 9.00 Å². The Hall–Kier alpha value is -1.94. The van der Waals surface area contributed by atoms with Crippen molar-refractivity contribution in [3.8, 4) is 0 Å². The van der Waals surface area contributed by atoms with E-state index in [0.29, 0.717) is 17.9 Å². The summed E-state index contributed by atoms with van der Waals surface area (Å²) in [5.74, 6) is -0.113. The molecule has 0 radical (unpaired) electrons. The summed E-state index contributed by atoms with van der Waals surface area (Å²) >= 11 is 0. The Morgan fingerprint density at radius 1 is 1.05 bits per heavy atom. The highest BCUT2D eigenvalue weighted by molar-refractivity contribution is 7.83. The van der Waals surface area contributed by atoms with E-state index in [1.165, 1.54) is 4.31 Å². The fourth-order valence-corrected chi connectivity index (χ4v) is 3.15. The van der Waals surface area contributed by atoms with E-state index in [4.69, 9.17) is 0 Å². The standard InChI is InChI=1S/C17H19NO2S/c1-3-17(19)18(13-15-7-5-4-6-8-15)21(20)16-11-9-14(2)10-12-16/h4-12H,3,13H2,1-2H3. The van der Waals surface area contributed by atoms with Crippen LogP contribution in [-0.2, 0) is 22.3 Å². The first-order chi connectivity index (χ1) is 10.1. The minimum Gasteiger partial charge on any atom is -0.274 e. The monoisotopic (exact) mass is 301 g/mol. The number of carbonyl (C=O) groups is 1. The van der Waals surface area contributed by atoms with Crippen LogP contribution < -0.4 is 0 Å². The Labute approximate surface area is 128 Å². The predicted molar refractivity (Wildman–Crippen MR) is 84.9 cm³/mol. The largest absolute Gasteiger partial charge is 0.274 e. The fraction of sp³-hybridized carbons (Fsp3) is 0.235. The predicted octanol–water partition coefficient (Wildman–Crippen LogP) is 3.46. The normalized spacial score (nSPS) is 11.9. The van der Waals surface area contributed by atoms with Crippen LogP contribution in [0.4, 0.5) is 0 Å². The molecule has 0 saturated carbocycles. The Morgan fingerprint density at radius 2 is 1.67 bits per heavy atom. The van der Waals surface area contributed by atoms with Gasteiger partial charge in [0.25, 0.3) is 0 Å². The summed E-state index contributed by atoms with van der Waals surface area (Å²) in [6, 6.07) is 17.1.